The molecule has 0 atom stereocenters. The predicted molar refractivity (Wildman–Crippen MR) is 59.5 cm³/mol. The minimum Gasteiger partial charge on any atom is -0.338 e. The van der Waals surface area contributed by atoms with E-state index in [0.717, 1.165) is 12.4 Å². The Morgan fingerprint density at radius 2 is 2.00 bits per heavy atom. The average molecular weight is 211 g/mol. The molecule has 0 aromatic carbocycles. The van der Waals surface area contributed by atoms with Gasteiger partial charge in [-0.25, -0.2) is 0 Å². The van der Waals surface area contributed by atoms with Crippen molar-refractivity contribution in [2.75, 3.05) is 6.54 Å². The second kappa shape index (κ2) is 4.75. The molecule has 86 valence electrons. The van der Waals surface area contributed by atoms with E-state index in [-0.39, 0.29) is 5.41 Å². The van der Waals surface area contributed by atoms with Gasteiger partial charge in [-0.1, -0.05) is 39.8 Å². The highest BCUT2D eigenvalue weighted by Crippen LogP contribution is 2.18. The molecule has 0 saturated carbocycles. The van der Waals surface area contributed by atoms with Crippen molar-refractivity contribution in [3.05, 3.63) is 11.7 Å². The number of hydrogen-bond donors (Lipinski definition) is 1. The average Bonchev–Trinajstić information content (AvgIpc) is 2.51. The summed E-state index contributed by atoms with van der Waals surface area (Å²) in [6, 6.07) is 0. The first-order valence-corrected chi connectivity index (χ1v) is 5.43. The quantitative estimate of drug-likeness (QED) is 0.828. The lowest BCUT2D eigenvalue weighted by Crippen LogP contribution is -2.19. The summed E-state index contributed by atoms with van der Waals surface area (Å²) in [5.41, 5.74) is -0.0419. The maximum atomic E-state index is 5.15. The summed E-state index contributed by atoms with van der Waals surface area (Å²) in [5, 5.41) is 7.23. The number of aromatic nitrogens is 2. The first-order chi connectivity index (χ1) is 6.89. The van der Waals surface area contributed by atoms with E-state index in [0.29, 0.717) is 18.4 Å². The third-order valence-corrected chi connectivity index (χ3v) is 1.97. The lowest BCUT2D eigenvalue weighted by molar-refractivity contribution is 0.351. The van der Waals surface area contributed by atoms with Crippen molar-refractivity contribution < 1.29 is 4.52 Å². The van der Waals surface area contributed by atoms with Gasteiger partial charge < -0.3 is 9.84 Å². The first-order valence-electron chi connectivity index (χ1n) is 5.43. The SMILES string of the molecule is CC(C)CNCc1nc(C(C)(C)C)no1. The van der Waals surface area contributed by atoms with E-state index in [4.69, 9.17) is 4.52 Å². The third-order valence-electron chi connectivity index (χ3n) is 1.97. The van der Waals surface area contributed by atoms with Gasteiger partial charge in [-0.05, 0) is 12.5 Å². The lowest BCUT2D eigenvalue weighted by Gasteiger charge is -2.10. The molecule has 0 unspecified atom stereocenters. The van der Waals surface area contributed by atoms with Gasteiger partial charge >= 0.3 is 0 Å². The molecule has 0 aliphatic rings. The van der Waals surface area contributed by atoms with Gasteiger partial charge in [-0.2, -0.15) is 4.98 Å². The second-order valence-corrected chi connectivity index (χ2v) is 5.29. The van der Waals surface area contributed by atoms with Crippen LogP contribution in [0.4, 0.5) is 0 Å². The maximum absolute atomic E-state index is 5.15. The lowest BCUT2D eigenvalue weighted by atomic mass is 9.96. The molecule has 0 radical (unpaired) electrons. The summed E-state index contributed by atoms with van der Waals surface area (Å²) in [7, 11) is 0. The Labute approximate surface area is 91.5 Å². The molecule has 0 spiro atoms. The Bertz CT molecular complexity index is 299. The number of nitrogens with one attached hydrogen (secondary N) is 1. The van der Waals surface area contributed by atoms with Crippen molar-refractivity contribution in [2.45, 2.75) is 46.6 Å². The predicted octanol–water partition coefficient (Wildman–Crippen LogP) is 2.11. The summed E-state index contributed by atoms with van der Waals surface area (Å²) < 4.78 is 5.15. The van der Waals surface area contributed by atoms with Crippen LogP contribution >= 0.6 is 0 Å². The van der Waals surface area contributed by atoms with Gasteiger partial charge in [0.25, 0.3) is 0 Å². The van der Waals surface area contributed by atoms with Crippen LogP contribution in [0, 0.1) is 5.92 Å². The van der Waals surface area contributed by atoms with Gasteiger partial charge in [0.15, 0.2) is 5.82 Å². The number of nitrogens with zero attached hydrogens (tertiary/aromatic N) is 2. The number of rotatable bonds is 4. The van der Waals surface area contributed by atoms with Gasteiger partial charge in [0.1, 0.15) is 0 Å². The summed E-state index contributed by atoms with van der Waals surface area (Å²) in [6.45, 7) is 12.2. The Morgan fingerprint density at radius 1 is 1.33 bits per heavy atom. The van der Waals surface area contributed by atoms with Crippen molar-refractivity contribution in [2.24, 2.45) is 5.92 Å². The molecule has 15 heavy (non-hydrogen) atoms. The zero-order valence-corrected chi connectivity index (χ0v) is 10.3. The minimum absolute atomic E-state index is 0.0419. The molecule has 1 rings (SSSR count). The van der Waals surface area contributed by atoms with E-state index in [1.54, 1.807) is 0 Å². The van der Waals surface area contributed by atoms with Gasteiger partial charge in [0.2, 0.25) is 5.89 Å². The Balaban J connectivity index is 2.47. The van der Waals surface area contributed by atoms with Gasteiger partial charge in [-0.3, -0.25) is 0 Å². The second-order valence-electron chi connectivity index (χ2n) is 5.29. The van der Waals surface area contributed by atoms with Crippen LogP contribution < -0.4 is 5.32 Å². The summed E-state index contributed by atoms with van der Waals surface area (Å²) in [4.78, 5) is 4.34. The van der Waals surface area contributed by atoms with E-state index < -0.39 is 0 Å². The van der Waals surface area contributed by atoms with Crippen LogP contribution in [0.25, 0.3) is 0 Å². The standard InChI is InChI=1S/C11H21N3O/c1-8(2)6-12-7-9-13-10(14-15-9)11(3,4)5/h8,12H,6-7H2,1-5H3. The van der Waals surface area contributed by atoms with Gasteiger partial charge in [0.05, 0.1) is 6.54 Å². The Hall–Kier alpha value is -0.900. The zero-order chi connectivity index (χ0) is 11.5. The molecule has 1 aromatic rings. The molecular weight excluding hydrogens is 190 g/mol. The third kappa shape index (κ3) is 4.00. The van der Waals surface area contributed by atoms with Crippen LogP contribution in [-0.2, 0) is 12.0 Å². The fraction of sp³-hybridized carbons (Fsp3) is 0.818. The van der Waals surface area contributed by atoms with Gasteiger partial charge in [-0.15, -0.1) is 0 Å². The molecule has 0 fully saturated rings. The van der Waals surface area contributed by atoms with Crippen LogP contribution in [0.15, 0.2) is 4.52 Å². The topological polar surface area (TPSA) is 51.0 Å². The summed E-state index contributed by atoms with van der Waals surface area (Å²) in [6.07, 6.45) is 0. The maximum Gasteiger partial charge on any atom is 0.240 e. The molecule has 1 N–H and O–H groups in total. The highest BCUT2D eigenvalue weighted by Gasteiger charge is 2.20. The van der Waals surface area contributed by atoms with E-state index in [1.165, 1.54) is 0 Å². The van der Waals surface area contributed by atoms with Crippen molar-refractivity contribution in [1.29, 1.82) is 0 Å². The minimum atomic E-state index is -0.0419. The molecule has 0 aliphatic heterocycles. The molecule has 1 heterocycles. The highest BCUT2D eigenvalue weighted by molar-refractivity contribution is 4.99. The fourth-order valence-electron chi connectivity index (χ4n) is 1.10. The molecular formula is C11H21N3O. The molecule has 0 aliphatic carbocycles. The Morgan fingerprint density at radius 3 is 2.47 bits per heavy atom. The molecule has 4 nitrogen and oxygen atoms in total. The highest BCUT2D eigenvalue weighted by atomic mass is 16.5. The normalized spacial score (nSPS) is 12.4. The molecule has 0 saturated heterocycles. The molecule has 1 aromatic heterocycles. The van der Waals surface area contributed by atoms with Crippen LogP contribution in [0.1, 0.15) is 46.3 Å². The van der Waals surface area contributed by atoms with Crippen LogP contribution in [0.5, 0.6) is 0 Å². The summed E-state index contributed by atoms with van der Waals surface area (Å²) in [5.74, 6) is 2.07. The van der Waals surface area contributed by atoms with Crippen molar-refractivity contribution >= 4 is 0 Å². The smallest absolute Gasteiger partial charge is 0.240 e. The molecule has 0 bridgehead atoms. The zero-order valence-electron chi connectivity index (χ0n) is 10.3. The monoisotopic (exact) mass is 211 g/mol. The van der Waals surface area contributed by atoms with Crippen molar-refractivity contribution in [3.63, 3.8) is 0 Å². The van der Waals surface area contributed by atoms with Crippen molar-refractivity contribution in [1.82, 2.24) is 15.5 Å². The van der Waals surface area contributed by atoms with E-state index in [1.807, 2.05) is 0 Å². The summed E-state index contributed by atoms with van der Waals surface area (Å²) >= 11 is 0. The largest absolute Gasteiger partial charge is 0.338 e. The van der Waals surface area contributed by atoms with E-state index >= 15 is 0 Å². The van der Waals surface area contributed by atoms with E-state index in [9.17, 15) is 0 Å². The van der Waals surface area contributed by atoms with Crippen molar-refractivity contribution in [3.8, 4) is 0 Å². The molecule has 4 heteroatoms. The number of hydrogen-bond acceptors (Lipinski definition) is 4. The first kappa shape index (κ1) is 12.2. The van der Waals surface area contributed by atoms with Gasteiger partial charge in [0, 0.05) is 5.41 Å². The van der Waals surface area contributed by atoms with E-state index in [2.05, 4.69) is 50.1 Å². The Kier molecular flexibility index (Phi) is 3.85. The van der Waals surface area contributed by atoms with Crippen LogP contribution in [-0.4, -0.2) is 16.7 Å². The fourth-order valence-corrected chi connectivity index (χ4v) is 1.10. The van der Waals surface area contributed by atoms with Crippen LogP contribution in [0.2, 0.25) is 0 Å². The van der Waals surface area contributed by atoms with Crippen LogP contribution in [0.3, 0.4) is 0 Å². The molecule has 0 amide bonds.